The van der Waals surface area contributed by atoms with E-state index in [-0.39, 0.29) is 29.8 Å². The van der Waals surface area contributed by atoms with E-state index in [1.165, 1.54) is 24.1 Å². The third kappa shape index (κ3) is 8.51. The maximum atomic E-state index is 14.6. The minimum atomic E-state index is -4.17. The summed E-state index contributed by atoms with van der Waals surface area (Å²) in [5.74, 6) is -0.251. The topological polar surface area (TPSA) is 96.0 Å². The average molecular weight is 628 g/mol. The van der Waals surface area contributed by atoms with Gasteiger partial charge < -0.3 is 15.0 Å². The van der Waals surface area contributed by atoms with Crippen LogP contribution in [-0.2, 0) is 32.6 Å². The molecule has 2 amide bonds. The van der Waals surface area contributed by atoms with Crippen molar-refractivity contribution in [1.29, 1.82) is 0 Å². The number of methoxy groups -OCH3 is 1. The number of anilines is 1. The molecule has 0 saturated carbocycles. The maximum Gasteiger partial charge on any atom is 0.264 e. The highest BCUT2D eigenvalue weighted by Crippen LogP contribution is 2.27. The molecule has 0 bridgehead atoms. The minimum absolute atomic E-state index is 0.0504. The molecule has 0 aliphatic heterocycles. The van der Waals surface area contributed by atoms with Gasteiger partial charge in [-0.25, -0.2) is 8.42 Å². The summed E-state index contributed by atoms with van der Waals surface area (Å²) < 4.78 is 34.5. The summed E-state index contributed by atoms with van der Waals surface area (Å²) >= 11 is 0. The van der Waals surface area contributed by atoms with Gasteiger partial charge in [-0.2, -0.15) is 0 Å². The van der Waals surface area contributed by atoms with Crippen molar-refractivity contribution in [1.82, 2.24) is 10.2 Å². The molecule has 236 valence electrons. The summed E-state index contributed by atoms with van der Waals surface area (Å²) in [4.78, 5) is 30.1. The lowest BCUT2D eigenvalue weighted by atomic mass is 10.0. The van der Waals surface area contributed by atoms with Crippen LogP contribution in [0.15, 0.2) is 114 Å². The van der Waals surface area contributed by atoms with E-state index in [1.54, 1.807) is 42.5 Å². The van der Waals surface area contributed by atoms with Gasteiger partial charge in [0.1, 0.15) is 18.3 Å². The van der Waals surface area contributed by atoms with Crippen molar-refractivity contribution < 1.29 is 22.7 Å². The Labute approximate surface area is 266 Å². The molecule has 9 heteroatoms. The number of aryl methyl sites for hydroxylation is 1. The summed E-state index contributed by atoms with van der Waals surface area (Å²) in [5.41, 5.74) is 3.00. The standard InChI is InChI=1S/C36H41N3O5S/c1-5-28(3)37-36(41)34(24-29-15-8-6-9-16-29)38(25-30-17-13-12-14-27(30)2)35(40)26-39(31-20-22-32(44-4)23-21-31)45(42,43)33-18-10-7-11-19-33/h6-23,28,34H,5,24-26H2,1-4H3,(H,37,41)/t28-,34-/m0/s1. The van der Waals surface area contributed by atoms with Gasteiger partial charge in [0.15, 0.2) is 0 Å². The van der Waals surface area contributed by atoms with E-state index in [0.717, 1.165) is 27.4 Å². The van der Waals surface area contributed by atoms with Gasteiger partial charge in [0.05, 0.1) is 17.7 Å². The second-order valence-corrected chi connectivity index (χ2v) is 12.9. The van der Waals surface area contributed by atoms with Crippen LogP contribution >= 0.6 is 0 Å². The Morgan fingerprint density at radius 3 is 2.04 bits per heavy atom. The zero-order valence-electron chi connectivity index (χ0n) is 26.2. The highest BCUT2D eigenvalue weighted by molar-refractivity contribution is 7.92. The smallest absolute Gasteiger partial charge is 0.264 e. The number of nitrogens with zero attached hydrogens (tertiary/aromatic N) is 2. The number of sulfonamides is 1. The molecule has 0 aliphatic rings. The lowest BCUT2D eigenvalue weighted by Gasteiger charge is -2.34. The van der Waals surface area contributed by atoms with E-state index in [2.05, 4.69) is 5.32 Å². The summed E-state index contributed by atoms with van der Waals surface area (Å²) in [6, 6.07) is 30.7. The van der Waals surface area contributed by atoms with Crippen molar-refractivity contribution in [3.8, 4) is 5.75 Å². The number of benzene rings is 4. The maximum absolute atomic E-state index is 14.6. The first-order valence-electron chi connectivity index (χ1n) is 15.0. The third-order valence-electron chi connectivity index (χ3n) is 7.84. The van der Waals surface area contributed by atoms with Crippen LogP contribution in [0.1, 0.15) is 37.0 Å². The lowest BCUT2D eigenvalue weighted by Crippen LogP contribution is -2.54. The lowest BCUT2D eigenvalue weighted by molar-refractivity contribution is -0.140. The molecule has 4 aromatic carbocycles. The largest absolute Gasteiger partial charge is 0.497 e. The quantitative estimate of drug-likeness (QED) is 0.192. The molecule has 0 spiro atoms. The van der Waals surface area contributed by atoms with Gasteiger partial charge in [-0.05, 0) is 73.4 Å². The molecule has 4 aromatic rings. The fourth-order valence-electron chi connectivity index (χ4n) is 4.96. The predicted molar refractivity (Wildman–Crippen MR) is 178 cm³/mol. The van der Waals surface area contributed by atoms with E-state index >= 15 is 0 Å². The van der Waals surface area contributed by atoms with E-state index in [1.807, 2.05) is 75.4 Å². The van der Waals surface area contributed by atoms with Crippen molar-refractivity contribution in [2.75, 3.05) is 18.0 Å². The number of hydrogen-bond acceptors (Lipinski definition) is 5. The van der Waals surface area contributed by atoms with Crippen molar-refractivity contribution in [2.45, 2.75) is 57.1 Å². The van der Waals surface area contributed by atoms with Crippen LogP contribution in [0.4, 0.5) is 5.69 Å². The van der Waals surface area contributed by atoms with Crippen LogP contribution in [-0.4, -0.2) is 50.9 Å². The summed E-state index contributed by atoms with van der Waals surface area (Å²) in [6.45, 7) is 5.46. The van der Waals surface area contributed by atoms with Crippen LogP contribution in [0.3, 0.4) is 0 Å². The molecule has 0 saturated heterocycles. The fraction of sp³-hybridized carbons (Fsp3) is 0.278. The van der Waals surface area contributed by atoms with Gasteiger partial charge in [0.25, 0.3) is 10.0 Å². The number of carbonyl (C=O) groups is 2. The Morgan fingerprint density at radius 1 is 0.844 bits per heavy atom. The fourth-order valence-corrected chi connectivity index (χ4v) is 6.40. The first-order chi connectivity index (χ1) is 21.6. The van der Waals surface area contributed by atoms with Crippen LogP contribution < -0.4 is 14.4 Å². The monoisotopic (exact) mass is 627 g/mol. The van der Waals surface area contributed by atoms with Crippen molar-refractivity contribution in [2.24, 2.45) is 0 Å². The molecule has 2 atom stereocenters. The normalized spacial score (nSPS) is 12.5. The van der Waals surface area contributed by atoms with Gasteiger partial charge in [-0.15, -0.1) is 0 Å². The van der Waals surface area contributed by atoms with Gasteiger partial charge in [-0.3, -0.25) is 13.9 Å². The van der Waals surface area contributed by atoms with E-state index in [0.29, 0.717) is 11.4 Å². The highest BCUT2D eigenvalue weighted by atomic mass is 32.2. The number of rotatable bonds is 14. The van der Waals surface area contributed by atoms with Crippen LogP contribution in [0.2, 0.25) is 0 Å². The number of amides is 2. The number of nitrogens with one attached hydrogen (secondary N) is 1. The molecule has 0 aliphatic carbocycles. The SMILES string of the molecule is CC[C@H](C)NC(=O)[C@H](Cc1ccccc1)N(Cc1ccccc1C)C(=O)CN(c1ccc(OC)cc1)S(=O)(=O)c1ccccc1. The first-order valence-corrected chi connectivity index (χ1v) is 16.5. The Morgan fingerprint density at radius 2 is 1.44 bits per heavy atom. The van der Waals surface area contributed by atoms with Gasteiger partial charge in [0.2, 0.25) is 11.8 Å². The van der Waals surface area contributed by atoms with E-state index < -0.39 is 28.5 Å². The summed E-state index contributed by atoms with van der Waals surface area (Å²) in [7, 11) is -2.64. The third-order valence-corrected chi connectivity index (χ3v) is 9.63. The molecular weight excluding hydrogens is 586 g/mol. The van der Waals surface area contributed by atoms with E-state index in [9.17, 15) is 18.0 Å². The molecule has 8 nitrogen and oxygen atoms in total. The average Bonchev–Trinajstić information content (AvgIpc) is 3.06. The minimum Gasteiger partial charge on any atom is -0.497 e. The van der Waals surface area contributed by atoms with Gasteiger partial charge >= 0.3 is 0 Å². The molecule has 0 aromatic heterocycles. The molecule has 45 heavy (non-hydrogen) atoms. The second kappa shape index (κ2) is 15.4. The van der Waals surface area contributed by atoms with Crippen molar-refractivity contribution in [3.63, 3.8) is 0 Å². The zero-order chi connectivity index (χ0) is 32.4. The molecule has 1 N–H and O–H groups in total. The van der Waals surface area contributed by atoms with Crippen molar-refractivity contribution in [3.05, 3.63) is 126 Å². The molecule has 4 rings (SSSR count). The number of ether oxygens (including phenoxy) is 1. The second-order valence-electron chi connectivity index (χ2n) is 11.0. The van der Waals surface area contributed by atoms with Gasteiger partial charge in [0, 0.05) is 19.0 Å². The predicted octanol–water partition coefficient (Wildman–Crippen LogP) is 5.75. The van der Waals surface area contributed by atoms with Crippen LogP contribution in [0.5, 0.6) is 5.75 Å². The highest BCUT2D eigenvalue weighted by Gasteiger charge is 2.35. The van der Waals surface area contributed by atoms with E-state index in [4.69, 9.17) is 4.74 Å². The van der Waals surface area contributed by atoms with Crippen molar-refractivity contribution >= 4 is 27.5 Å². The first kappa shape index (κ1) is 33.3. The molecule has 0 heterocycles. The molecular formula is C36H41N3O5S. The molecule has 0 fully saturated rings. The van der Waals surface area contributed by atoms with Crippen LogP contribution in [0, 0.1) is 6.92 Å². The number of hydrogen-bond donors (Lipinski definition) is 1. The summed E-state index contributed by atoms with van der Waals surface area (Å²) in [6.07, 6.45) is 0.977. The summed E-state index contributed by atoms with van der Waals surface area (Å²) in [5, 5.41) is 3.06. The molecule has 0 radical (unpaired) electrons. The Bertz CT molecular complexity index is 1660. The Balaban J connectivity index is 1.81. The number of carbonyl (C=O) groups excluding carboxylic acids is 2. The van der Waals surface area contributed by atoms with Crippen LogP contribution in [0.25, 0.3) is 0 Å². The zero-order valence-corrected chi connectivity index (χ0v) is 27.0. The Kier molecular flexibility index (Phi) is 11.4. The molecule has 0 unspecified atom stereocenters. The van der Waals surface area contributed by atoms with Gasteiger partial charge in [-0.1, -0.05) is 79.7 Å². The Hall–Kier alpha value is -4.63.